The molecule has 28 heavy (non-hydrogen) atoms. The van der Waals surface area contributed by atoms with Gasteiger partial charge in [-0.3, -0.25) is 0 Å². The molecule has 1 aromatic heterocycles. The van der Waals surface area contributed by atoms with Crippen molar-refractivity contribution >= 4 is 62.4 Å². The third kappa shape index (κ3) is 3.21. The molecule has 0 amide bonds. The molecule has 0 atom stereocenters. The summed E-state index contributed by atoms with van der Waals surface area (Å²) in [6.07, 6.45) is 0. The van der Waals surface area contributed by atoms with E-state index in [0.717, 1.165) is 0 Å². The van der Waals surface area contributed by atoms with E-state index in [9.17, 15) is 15.0 Å². The smallest absolute Gasteiger partial charge is 0.339 e. The Balaban J connectivity index is 1.84. The van der Waals surface area contributed by atoms with Crippen molar-refractivity contribution < 1.29 is 15.0 Å². The zero-order valence-electron chi connectivity index (χ0n) is 14.0. The SMILES string of the molecule is O=C(O)c1cc2ccccc2c(/N=N/c2ccc3nc(Cl)c(Cl)nc3c2)c1O. The number of carboxylic acid groups (broad SMARTS) is 1. The Bertz CT molecular complexity index is 1290. The zero-order chi connectivity index (χ0) is 19.8. The normalized spacial score (nSPS) is 11.5. The molecular formula is C19H10Cl2N4O3. The van der Waals surface area contributed by atoms with Gasteiger partial charge in [-0.2, -0.15) is 5.11 Å². The number of aromatic nitrogens is 2. The monoisotopic (exact) mass is 412 g/mol. The molecule has 7 nitrogen and oxygen atoms in total. The highest BCUT2D eigenvalue weighted by molar-refractivity contribution is 6.40. The predicted octanol–water partition coefficient (Wildman–Crippen LogP) is 5.91. The molecule has 0 saturated carbocycles. The molecule has 138 valence electrons. The van der Waals surface area contributed by atoms with E-state index < -0.39 is 11.7 Å². The molecule has 4 aromatic rings. The molecule has 2 N–H and O–H groups in total. The van der Waals surface area contributed by atoms with Gasteiger partial charge in [0.2, 0.25) is 0 Å². The topological polar surface area (TPSA) is 108 Å². The summed E-state index contributed by atoms with van der Waals surface area (Å²) < 4.78 is 0. The first-order valence-electron chi connectivity index (χ1n) is 7.96. The number of hydrogen-bond donors (Lipinski definition) is 2. The van der Waals surface area contributed by atoms with Crippen molar-refractivity contribution in [2.24, 2.45) is 10.2 Å². The molecule has 0 aliphatic heterocycles. The van der Waals surface area contributed by atoms with E-state index in [1.807, 2.05) is 0 Å². The van der Waals surface area contributed by atoms with Gasteiger partial charge in [0.1, 0.15) is 11.3 Å². The summed E-state index contributed by atoms with van der Waals surface area (Å²) in [5, 5.41) is 29.3. The van der Waals surface area contributed by atoms with Gasteiger partial charge in [-0.1, -0.05) is 47.5 Å². The lowest BCUT2D eigenvalue weighted by Crippen LogP contribution is -1.97. The van der Waals surface area contributed by atoms with Gasteiger partial charge in [0.15, 0.2) is 16.1 Å². The fraction of sp³-hybridized carbons (Fsp3) is 0. The number of carbonyl (C=O) groups is 1. The highest BCUT2D eigenvalue weighted by Gasteiger charge is 2.17. The Hall–Kier alpha value is -3.29. The van der Waals surface area contributed by atoms with Crippen LogP contribution in [0.1, 0.15) is 10.4 Å². The van der Waals surface area contributed by atoms with Crippen molar-refractivity contribution in [2.45, 2.75) is 0 Å². The minimum Gasteiger partial charge on any atom is -0.505 e. The fourth-order valence-corrected chi connectivity index (χ4v) is 3.02. The lowest BCUT2D eigenvalue weighted by atomic mass is 10.0. The second-order valence-electron chi connectivity index (χ2n) is 5.83. The molecule has 0 aliphatic carbocycles. The number of halogens is 2. The standard InChI is InChI=1S/C19H10Cl2N4O3/c20-17-18(21)23-14-8-10(5-6-13(14)22-17)24-25-15-11-4-2-1-3-9(11)7-12(16(15)26)19(27)28/h1-8,26H,(H,27,28)/b25-24+. The number of aromatic carboxylic acids is 1. The maximum Gasteiger partial charge on any atom is 0.339 e. The number of fused-ring (bicyclic) bond motifs is 2. The van der Waals surface area contributed by atoms with E-state index in [4.69, 9.17) is 23.2 Å². The first kappa shape index (κ1) is 18.1. The molecule has 4 rings (SSSR count). The van der Waals surface area contributed by atoms with Crippen LogP contribution in [0.2, 0.25) is 10.3 Å². The molecule has 3 aromatic carbocycles. The van der Waals surface area contributed by atoms with E-state index in [1.54, 1.807) is 42.5 Å². The van der Waals surface area contributed by atoms with Crippen molar-refractivity contribution in [3.8, 4) is 5.75 Å². The van der Waals surface area contributed by atoms with E-state index in [2.05, 4.69) is 20.2 Å². The Morgan fingerprint density at radius 3 is 2.39 bits per heavy atom. The van der Waals surface area contributed by atoms with Crippen LogP contribution in [0.25, 0.3) is 21.8 Å². The van der Waals surface area contributed by atoms with E-state index >= 15 is 0 Å². The predicted molar refractivity (Wildman–Crippen MR) is 106 cm³/mol. The summed E-state index contributed by atoms with van der Waals surface area (Å²) in [4.78, 5) is 19.7. The van der Waals surface area contributed by atoms with Gasteiger partial charge in [0.25, 0.3) is 0 Å². The number of nitrogens with zero attached hydrogens (tertiary/aromatic N) is 4. The number of benzene rings is 3. The van der Waals surface area contributed by atoms with Crippen LogP contribution in [0.5, 0.6) is 5.75 Å². The van der Waals surface area contributed by atoms with Gasteiger partial charge in [0, 0.05) is 5.39 Å². The Morgan fingerprint density at radius 2 is 1.64 bits per heavy atom. The van der Waals surface area contributed by atoms with Gasteiger partial charge in [0.05, 0.1) is 16.7 Å². The number of rotatable bonds is 3. The summed E-state index contributed by atoms with van der Waals surface area (Å²) >= 11 is 11.8. The largest absolute Gasteiger partial charge is 0.505 e. The van der Waals surface area contributed by atoms with Crippen molar-refractivity contribution in [3.63, 3.8) is 0 Å². The minimum atomic E-state index is -1.26. The number of carboxylic acids is 1. The number of hydrogen-bond acceptors (Lipinski definition) is 6. The molecule has 0 spiro atoms. The third-order valence-electron chi connectivity index (χ3n) is 4.06. The minimum absolute atomic E-state index is 0.0656. The fourth-order valence-electron chi connectivity index (χ4n) is 2.75. The van der Waals surface area contributed by atoms with E-state index in [-0.39, 0.29) is 21.6 Å². The molecule has 0 saturated heterocycles. The Labute approximate surface area is 167 Å². The van der Waals surface area contributed by atoms with Gasteiger partial charge >= 0.3 is 5.97 Å². The number of aromatic hydroxyl groups is 1. The van der Waals surface area contributed by atoms with Crippen molar-refractivity contribution in [1.82, 2.24) is 9.97 Å². The van der Waals surface area contributed by atoms with Crippen LogP contribution < -0.4 is 0 Å². The summed E-state index contributed by atoms with van der Waals surface area (Å²) in [6, 6.07) is 13.3. The molecule has 9 heteroatoms. The maximum absolute atomic E-state index is 11.4. The Kier molecular flexibility index (Phi) is 4.54. The summed E-state index contributed by atoms with van der Waals surface area (Å²) in [5.41, 5.74) is 1.24. The third-order valence-corrected chi connectivity index (χ3v) is 4.68. The molecule has 0 radical (unpaired) electrons. The average molecular weight is 413 g/mol. The first-order chi connectivity index (χ1) is 13.4. The second kappa shape index (κ2) is 7.03. The van der Waals surface area contributed by atoms with Gasteiger partial charge < -0.3 is 10.2 Å². The highest BCUT2D eigenvalue weighted by atomic mass is 35.5. The van der Waals surface area contributed by atoms with Crippen LogP contribution in [0.15, 0.2) is 58.8 Å². The van der Waals surface area contributed by atoms with Crippen molar-refractivity contribution in [3.05, 3.63) is 64.4 Å². The summed E-state index contributed by atoms with van der Waals surface area (Å²) in [5.74, 6) is -1.71. The molecule has 0 bridgehead atoms. The molecule has 1 heterocycles. The van der Waals surface area contributed by atoms with Crippen LogP contribution in [0, 0.1) is 0 Å². The van der Waals surface area contributed by atoms with Crippen LogP contribution in [0.4, 0.5) is 11.4 Å². The van der Waals surface area contributed by atoms with Crippen LogP contribution in [-0.4, -0.2) is 26.2 Å². The molecule has 0 fully saturated rings. The Morgan fingerprint density at radius 1 is 0.929 bits per heavy atom. The average Bonchev–Trinajstić information content (AvgIpc) is 2.67. The first-order valence-corrected chi connectivity index (χ1v) is 8.72. The van der Waals surface area contributed by atoms with Gasteiger partial charge in [-0.05, 0) is 29.7 Å². The van der Waals surface area contributed by atoms with Gasteiger partial charge in [-0.15, -0.1) is 5.11 Å². The van der Waals surface area contributed by atoms with Crippen LogP contribution >= 0.6 is 23.2 Å². The number of azo groups is 1. The molecular weight excluding hydrogens is 403 g/mol. The summed E-state index contributed by atoms with van der Waals surface area (Å²) in [7, 11) is 0. The van der Waals surface area contributed by atoms with Gasteiger partial charge in [-0.25, -0.2) is 14.8 Å². The second-order valence-corrected chi connectivity index (χ2v) is 6.54. The lowest BCUT2D eigenvalue weighted by molar-refractivity contribution is 0.0694. The van der Waals surface area contributed by atoms with E-state index in [1.165, 1.54) is 6.07 Å². The van der Waals surface area contributed by atoms with Crippen LogP contribution in [-0.2, 0) is 0 Å². The van der Waals surface area contributed by atoms with E-state index in [0.29, 0.717) is 27.5 Å². The highest BCUT2D eigenvalue weighted by Crippen LogP contribution is 2.39. The molecule has 0 unspecified atom stereocenters. The molecule has 0 aliphatic rings. The zero-order valence-corrected chi connectivity index (χ0v) is 15.5. The van der Waals surface area contributed by atoms with Crippen molar-refractivity contribution in [2.75, 3.05) is 0 Å². The maximum atomic E-state index is 11.4. The number of phenols is 1. The quantitative estimate of drug-likeness (QED) is 0.406. The lowest BCUT2D eigenvalue weighted by Gasteiger charge is -2.07. The summed E-state index contributed by atoms with van der Waals surface area (Å²) in [6.45, 7) is 0. The van der Waals surface area contributed by atoms with Crippen LogP contribution in [0.3, 0.4) is 0 Å². The van der Waals surface area contributed by atoms with Crippen molar-refractivity contribution in [1.29, 1.82) is 0 Å².